The molecule has 0 aliphatic heterocycles. The summed E-state index contributed by atoms with van der Waals surface area (Å²) in [5.74, 6) is -3.54. The number of carboxylic acid groups (broad SMARTS) is 1. The largest absolute Gasteiger partial charge is 0.497 e. The number of rotatable bonds is 7. The number of carbonyl (C=O) groups is 1. The molecule has 0 amide bonds. The Balaban J connectivity index is 2.73. The lowest BCUT2D eigenvalue weighted by Gasteiger charge is -2.19. The van der Waals surface area contributed by atoms with E-state index in [0.29, 0.717) is 18.2 Å². The number of hydrogen-bond donors (Lipinski definition) is 1. The minimum absolute atomic E-state index is 0.240. The summed E-state index contributed by atoms with van der Waals surface area (Å²) in [6.45, 7) is -2.73. The maximum atomic E-state index is 14.5. The fraction of sp³-hybridized carbons (Fsp3) is 0.278. The molecule has 0 aliphatic carbocycles. The second-order valence-electron chi connectivity index (χ2n) is 6.21. The van der Waals surface area contributed by atoms with Gasteiger partial charge in [0.25, 0.3) is 5.56 Å². The van der Waals surface area contributed by atoms with Gasteiger partial charge in [0, 0.05) is 12.1 Å². The van der Waals surface area contributed by atoms with Crippen LogP contribution >= 0.6 is 11.6 Å². The van der Waals surface area contributed by atoms with E-state index >= 15 is 0 Å². The van der Waals surface area contributed by atoms with Crippen LogP contribution < -0.4 is 16.0 Å². The number of carboxylic acids is 1. The zero-order valence-electron chi connectivity index (χ0n) is 16.5. The lowest BCUT2D eigenvalue weighted by molar-refractivity contribution is -0.149. The second kappa shape index (κ2) is 9.60. The van der Waals surface area contributed by atoms with Crippen molar-refractivity contribution in [3.05, 3.63) is 67.4 Å². The number of halogens is 7. The SMILES string of the molecule is CO/C(=C\C(=O)O)C(C)Oc1cc(-n2c(=O)cc(C(F)(F)F)n(C(F)F)c2=O)c(F)cc1Cl. The molecule has 1 N–H and O–H groups in total. The monoisotopic (exact) mass is 502 g/mol. The van der Waals surface area contributed by atoms with Gasteiger partial charge in [0.15, 0.2) is 6.10 Å². The highest BCUT2D eigenvalue weighted by atomic mass is 35.5. The van der Waals surface area contributed by atoms with Crippen molar-refractivity contribution in [2.75, 3.05) is 7.11 Å². The number of methoxy groups -OCH3 is 1. The molecule has 0 bridgehead atoms. The first-order chi connectivity index (χ1) is 15.2. The van der Waals surface area contributed by atoms with E-state index in [1.807, 2.05) is 0 Å². The number of hydrogen-bond acceptors (Lipinski definition) is 5. The van der Waals surface area contributed by atoms with Crippen molar-refractivity contribution < 1.29 is 45.7 Å². The van der Waals surface area contributed by atoms with Crippen molar-refractivity contribution >= 4 is 17.6 Å². The third-order valence-corrected chi connectivity index (χ3v) is 4.37. The summed E-state index contributed by atoms with van der Waals surface area (Å²) < 4.78 is 89.0. The van der Waals surface area contributed by atoms with Crippen molar-refractivity contribution in [3.8, 4) is 11.4 Å². The van der Waals surface area contributed by atoms with Crippen LogP contribution in [0.2, 0.25) is 5.02 Å². The predicted molar refractivity (Wildman–Crippen MR) is 100 cm³/mol. The Morgan fingerprint density at radius 1 is 1.21 bits per heavy atom. The molecule has 1 atom stereocenters. The molecule has 0 fully saturated rings. The topological polar surface area (TPSA) is 99.8 Å². The first-order valence-electron chi connectivity index (χ1n) is 8.57. The van der Waals surface area contributed by atoms with Gasteiger partial charge in [-0.3, -0.25) is 4.79 Å². The molecule has 0 saturated heterocycles. The van der Waals surface area contributed by atoms with Gasteiger partial charge in [-0.25, -0.2) is 23.1 Å². The van der Waals surface area contributed by atoms with Gasteiger partial charge in [-0.05, 0) is 13.0 Å². The van der Waals surface area contributed by atoms with E-state index in [9.17, 15) is 40.7 Å². The molecule has 180 valence electrons. The Kier molecular flexibility index (Phi) is 7.52. The molecular weight excluding hydrogens is 490 g/mol. The second-order valence-corrected chi connectivity index (χ2v) is 6.62. The normalized spacial score (nSPS) is 13.2. The van der Waals surface area contributed by atoms with Crippen LogP contribution in [0.5, 0.6) is 5.75 Å². The molecule has 1 unspecified atom stereocenters. The maximum absolute atomic E-state index is 14.5. The van der Waals surface area contributed by atoms with Crippen molar-refractivity contribution in [1.82, 2.24) is 9.13 Å². The molecule has 0 spiro atoms. The van der Waals surface area contributed by atoms with E-state index in [2.05, 4.69) is 0 Å². The van der Waals surface area contributed by atoms with Crippen LogP contribution in [0.3, 0.4) is 0 Å². The zero-order valence-corrected chi connectivity index (χ0v) is 17.2. The molecule has 33 heavy (non-hydrogen) atoms. The minimum Gasteiger partial charge on any atom is -0.497 e. The summed E-state index contributed by atoms with van der Waals surface area (Å²) in [6, 6.07) is 0.833. The zero-order chi connectivity index (χ0) is 25.2. The van der Waals surface area contributed by atoms with Crippen LogP contribution in [0, 0.1) is 5.82 Å². The van der Waals surface area contributed by atoms with Crippen LogP contribution in [0.25, 0.3) is 5.69 Å². The molecule has 2 aromatic rings. The number of aromatic nitrogens is 2. The standard InChI is InChI=1S/C18H13ClF6N2O6/c1-7(11(32-2)5-15(29)30)33-12-4-10(9(20)3-8(12)19)26-14(28)6-13(18(23,24)25)27(16(21)22)17(26)31/h3-7,16H,1-2H3,(H,29,30)/b11-5-. The Morgan fingerprint density at radius 2 is 1.82 bits per heavy atom. The van der Waals surface area contributed by atoms with E-state index in [1.54, 1.807) is 0 Å². The van der Waals surface area contributed by atoms with E-state index in [-0.39, 0.29) is 16.4 Å². The average Bonchev–Trinajstić information content (AvgIpc) is 2.67. The van der Waals surface area contributed by atoms with E-state index in [1.165, 1.54) is 6.92 Å². The number of ether oxygens (including phenoxy) is 2. The minimum atomic E-state index is -5.48. The summed E-state index contributed by atoms with van der Waals surface area (Å²) in [6.07, 6.45) is -6.03. The first kappa shape index (κ1) is 25.8. The molecular formula is C18H13ClF6N2O6. The van der Waals surface area contributed by atoms with Crippen molar-refractivity contribution in [3.63, 3.8) is 0 Å². The molecule has 1 aromatic heterocycles. The lowest BCUT2D eigenvalue weighted by Crippen LogP contribution is -2.42. The summed E-state index contributed by atoms with van der Waals surface area (Å²) in [5, 5.41) is 8.37. The third kappa shape index (κ3) is 5.50. The molecule has 0 radical (unpaired) electrons. The summed E-state index contributed by atoms with van der Waals surface area (Å²) in [5.41, 5.74) is -7.20. The van der Waals surface area contributed by atoms with Gasteiger partial charge in [-0.15, -0.1) is 0 Å². The molecule has 1 aromatic carbocycles. The first-order valence-corrected chi connectivity index (χ1v) is 8.95. The third-order valence-electron chi connectivity index (χ3n) is 4.07. The molecule has 15 heteroatoms. The number of aliphatic carboxylic acids is 1. The maximum Gasteiger partial charge on any atom is 0.431 e. The van der Waals surface area contributed by atoms with Gasteiger partial charge in [-0.1, -0.05) is 11.6 Å². The van der Waals surface area contributed by atoms with Crippen LogP contribution in [0.1, 0.15) is 19.2 Å². The van der Waals surface area contributed by atoms with Gasteiger partial charge < -0.3 is 14.6 Å². The Bertz CT molecular complexity index is 1220. The number of alkyl halides is 5. The van der Waals surface area contributed by atoms with Gasteiger partial charge in [0.1, 0.15) is 23.0 Å². The van der Waals surface area contributed by atoms with E-state index < -0.39 is 68.6 Å². The van der Waals surface area contributed by atoms with Crippen molar-refractivity contribution in [2.24, 2.45) is 0 Å². The highest BCUT2D eigenvalue weighted by Crippen LogP contribution is 2.32. The van der Waals surface area contributed by atoms with Crippen LogP contribution in [0.15, 0.2) is 39.6 Å². The fourth-order valence-electron chi connectivity index (χ4n) is 2.68. The van der Waals surface area contributed by atoms with Gasteiger partial charge in [0.2, 0.25) is 0 Å². The quantitative estimate of drug-likeness (QED) is 0.353. The highest BCUT2D eigenvalue weighted by molar-refractivity contribution is 6.32. The average molecular weight is 503 g/mol. The lowest BCUT2D eigenvalue weighted by atomic mass is 10.2. The Morgan fingerprint density at radius 3 is 2.30 bits per heavy atom. The van der Waals surface area contributed by atoms with E-state index in [4.69, 9.17) is 26.2 Å². The van der Waals surface area contributed by atoms with Crippen LogP contribution in [-0.4, -0.2) is 33.4 Å². The van der Waals surface area contributed by atoms with Crippen molar-refractivity contribution in [2.45, 2.75) is 25.8 Å². The van der Waals surface area contributed by atoms with Crippen molar-refractivity contribution in [1.29, 1.82) is 0 Å². The van der Waals surface area contributed by atoms with Crippen LogP contribution in [0.4, 0.5) is 26.3 Å². The Labute approximate surface area is 184 Å². The smallest absolute Gasteiger partial charge is 0.431 e. The molecule has 8 nitrogen and oxygen atoms in total. The number of benzene rings is 1. The summed E-state index contributed by atoms with van der Waals surface area (Å²) >= 11 is 5.85. The summed E-state index contributed by atoms with van der Waals surface area (Å²) in [4.78, 5) is 35.4. The van der Waals surface area contributed by atoms with Gasteiger partial charge in [0.05, 0.1) is 23.9 Å². The molecule has 2 rings (SSSR count). The summed E-state index contributed by atoms with van der Waals surface area (Å²) in [7, 11) is 1.11. The molecule has 0 aliphatic rings. The van der Waals surface area contributed by atoms with Gasteiger partial charge in [-0.2, -0.15) is 22.0 Å². The highest BCUT2D eigenvalue weighted by Gasteiger charge is 2.38. The molecule has 1 heterocycles. The van der Waals surface area contributed by atoms with Crippen LogP contribution in [-0.2, 0) is 15.7 Å². The van der Waals surface area contributed by atoms with E-state index in [0.717, 1.165) is 7.11 Å². The predicted octanol–water partition coefficient (Wildman–Crippen LogP) is 3.59. The Hall–Kier alpha value is -3.42. The van der Waals surface area contributed by atoms with Gasteiger partial charge >= 0.3 is 24.4 Å². The molecule has 0 saturated carbocycles. The fourth-order valence-corrected chi connectivity index (χ4v) is 2.87. The number of nitrogens with zero attached hydrogens (tertiary/aromatic N) is 2.